The molecule has 0 amide bonds. The minimum absolute atomic E-state index is 0.448. The van der Waals surface area contributed by atoms with Crippen LogP contribution in [-0.4, -0.2) is 35.7 Å². The molecule has 1 N–H and O–H groups in total. The molecule has 6 heteroatoms. The molecule has 27 heavy (non-hydrogen) atoms. The Morgan fingerprint density at radius 3 is 2.52 bits per heavy atom. The highest BCUT2D eigenvalue weighted by Gasteiger charge is 2.54. The summed E-state index contributed by atoms with van der Waals surface area (Å²) in [4.78, 5) is 2.05. The van der Waals surface area contributed by atoms with Gasteiger partial charge in [-0.3, -0.25) is 4.58 Å². The van der Waals surface area contributed by atoms with E-state index in [-0.39, 0.29) is 0 Å². The van der Waals surface area contributed by atoms with Crippen molar-refractivity contribution < 1.29 is 14.4 Å². The molecule has 2 aliphatic rings. The van der Waals surface area contributed by atoms with Gasteiger partial charge in [0.2, 0.25) is 0 Å². The number of hydrogen-bond acceptors (Lipinski definition) is 3. The first-order chi connectivity index (χ1) is 13.0. The topological polar surface area (TPSA) is 35.7 Å². The second-order valence-electron chi connectivity index (χ2n) is 7.13. The van der Waals surface area contributed by atoms with Crippen LogP contribution in [0.15, 0.2) is 42.5 Å². The quantitative estimate of drug-likeness (QED) is 0.754. The molecule has 0 aromatic heterocycles. The summed E-state index contributed by atoms with van der Waals surface area (Å²) in [5.74, 6) is 1.95. The maximum absolute atomic E-state index is 11.9. The first-order valence-corrected chi connectivity index (χ1v) is 10.0. The van der Waals surface area contributed by atoms with Gasteiger partial charge in [0.15, 0.2) is 6.54 Å². The SMILES string of the molecule is COc1ccc(N2C3=[N+](CCCCC3)C[C@]2(O)c2ccc(Cl)c(Cl)c2)cc1. The lowest BCUT2D eigenvalue weighted by atomic mass is 10.00. The first kappa shape index (κ1) is 18.6. The fraction of sp³-hybridized carbons (Fsp3) is 0.381. The van der Waals surface area contributed by atoms with Crippen LogP contribution in [0, 0.1) is 0 Å². The van der Waals surface area contributed by atoms with Gasteiger partial charge in [-0.25, -0.2) is 0 Å². The first-order valence-electron chi connectivity index (χ1n) is 9.26. The normalized spacial score (nSPS) is 22.6. The summed E-state index contributed by atoms with van der Waals surface area (Å²) in [6.45, 7) is 1.46. The molecule has 4 nitrogen and oxygen atoms in total. The van der Waals surface area contributed by atoms with Crippen LogP contribution < -0.4 is 9.64 Å². The number of benzene rings is 2. The molecule has 2 aliphatic heterocycles. The predicted molar refractivity (Wildman–Crippen MR) is 109 cm³/mol. The van der Waals surface area contributed by atoms with E-state index < -0.39 is 5.72 Å². The maximum atomic E-state index is 11.9. The van der Waals surface area contributed by atoms with Gasteiger partial charge in [0.25, 0.3) is 11.6 Å². The van der Waals surface area contributed by atoms with E-state index in [1.165, 1.54) is 6.42 Å². The summed E-state index contributed by atoms with van der Waals surface area (Å²) in [6, 6.07) is 13.2. The molecule has 0 saturated carbocycles. The Kier molecular flexibility index (Phi) is 5.06. The van der Waals surface area contributed by atoms with E-state index in [4.69, 9.17) is 27.9 Å². The highest BCUT2D eigenvalue weighted by molar-refractivity contribution is 6.42. The average Bonchev–Trinajstić information content (AvgIpc) is 2.80. The van der Waals surface area contributed by atoms with Gasteiger partial charge in [0, 0.05) is 12.0 Å². The summed E-state index contributed by atoms with van der Waals surface area (Å²) in [6.07, 6.45) is 4.41. The molecule has 0 spiro atoms. The second-order valence-corrected chi connectivity index (χ2v) is 7.94. The fourth-order valence-electron chi connectivity index (χ4n) is 4.08. The third-order valence-corrected chi connectivity index (χ3v) is 6.18. The third-order valence-electron chi connectivity index (χ3n) is 5.45. The van der Waals surface area contributed by atoms with E-state index in [0.29, 0.717) is 16.6 Å². The molecule has 2 heterocycles. The van der Waals surface area contributed by atoms with Crippen LogP contribution in [-0.2, 0) is 5.72 Å². The molecule has 0 radical (unpaired) electrons. The van der Waals surface area contributed by atoms with Gasteiger partial charge in [0.05, 0.1) is 23.7 Å². The van der Waals surface area contributed by atoms with E-state index in [9.17, 15) is 5.11 Å². The number of ether oxygens (including phenoxy) is 1. The zero-order valence-corrected chi connectivity index (χ0v) is 16.8. The van der Waals surface area contributed by atoms with Crippen molar-refractivity contribution in [1.82, 2.24) is 0 Å². The Balaban J connectivity index is 1.83. The Labute approximate surface area is 169 Å². The van der Waals surface area contributed by atoms with E-state index in [2.05, 4.69) is 9.48 Å². The smallest absolute Gasteiger partial charge is 0.275 e. The van der Waals surface area contributed by atoms with Crippen LogP contribution in [0.1, 0.15) is 31.2 Å². The van der Waals surface area contributed by atoms with Gasteiger partial charge in [-0.15, -0.1) is 0 Å². The van der Waals surface area contributed by atoms with Crippen molar-refractivity contribution in [3.63, 3.8) is 0 Å². The van der Waals surface area contributed by atoms with Crippen molar-refractivity contribution in [2.75, 3.05) is 25.1 Å². The van der Waals surface area contributed by atoms with Crippen LogP contribution in [0.4, 0.5) is 5.69 Å². The second kappa shape index (κ2) is 7.34. The minimum Gasteiger partial charge on any atom is -0.497 e. The average molecular weight is 406 g/mol. The van der Waals surface area contributed by atoms with Crippen molar-refractivity contribution in [1.29, 1.82) is 0 Å². The fourth-order valence-corrected chi connectivity index (χ4v) is 4.38. The van der Waals surface area contributed by atoms with Crippen molar-refractivity contribution in [2.45, 2.75) is 31.4 Å². The number of nitrogens with zero attached hydrogens (tertiary/aromatic N) is 2. The van der Waals surface area contributed by atoms with Gasteiger partial charge in [0.1, 0.15) is 11.4 Å². The zero-order valence-electron chi connectivity index (χ0n) is 15.3. The van der Waals surface area contributed by atoms with E-state index in [1.54, 1.807) is 19.2 Å². The number of amidine groups is 1. The number of anilines is 1. The molecule has 0 fully saturated rings. The standard InChI is InChI=1S/C21H23Cl2N2O2/c1-27-17-9-7-16(8-10-17)25-20-5-3-2-4-12-24(20)14-21(25,26)15-6-11-18(22)19(23)13-15/h6-11,13,26H,2-5,12,14H2,1H3/q+1/t21-/m0/s1. The Morgan fingerprint density at radius 1 is 1.04 bits per heavy atom. The van der Waals surface area contributed by atoms with Crippen LogP contribution in [0.5, 0.6) is 5.75 Å². The minimum atomic E-state index is -1.20. The molecule has 142 valence electrons. The molecule has 0 saturated heterocycles. The van der Waals surface area contributed by atoms with E-state index in [1.807, 2.05) is 30.3 Å². The molecule has 0 aliphatic carbocycles. The molecule has 0 unspecified atom stereocenters. The summed E-state index contributed by atoms with van der Waals surface area (Å²) >= 11 is 12.4. The zero-order chi connectivity index (χ0) is 19.0. The number of aliphatic hydroxyl groups is 1. The number of hydrogen-bond donors (Lipinski definition) is 1. The van der Waals surface area contributed by atoms with Gasteiger partial charge < -0.3 is 9.84 Å². The highest BCUT2D eigenvalue weighted by atomic mass is 35.5. The molecule has 0 bridgehead atoms. The maximum Gasteiger partial charge on any atom is 0.275 e. The van der Waals surface area contributed by atoms with Crippen molar-refractivity contribution >= 4 is 34.7 Å². The van der Waals surface area contributed by atoms with Crippen molar-refractivity contribution in [2.24, 2.45) is 0 Å². The summed E-state index contributed by atoms with van der Waals surface area (Å²) < 4.78 is 7.60. The summed E-state index contributed by atoms with van der Waals surface area (Å²) in [5, 5.41) is 12.8. The van der Waals surface area contributed by atoms with Crippen molar-refractivity contribution in [3.8, 4) is 5.75 Å². The molecule has 2 aromatic carbocycles. The number of rotatable bonds is 3. The van der Waals surface area contributed by atoms with E-state index in [0.717, 1.165) is 48.6 Å². The molecular weight excluding hydrogens is 383 g/mol. The lowest BCUT2D eigenvalue weighted by Crippen LogP contribution is -2.47. The summed E-state index contributed by atoms with van der Waals surface area (Å²) in [5.41, 5.74) is 0.479. The predicted octanol–water partition coefficient (Wildman–Crippen LogP) is 4.65. The van der Waals surface area contributed by atoms with Gasteiger partial charge in [-0.1, -0.05) is 29.3 Å². The number of methoxy groups -OCH3 is 1. The van der Waals surface area contributed by atoms with Crippen molar-refractivity contribution in [3.05, 3.63) is 58.1 Å². The Bertz CT molecular complexity index is 882. The van der Waals surface area contributed by atoms with Crippen LogP contribution in [0.3, 0.4) is 0 Å². The Hall–Kier alpha value is -1.75. The largest absolute Gasteiger partial charge is 0.497 e. The monoisotopic (exact) mass is 405 g/mol. The third kappa shape index (κ3) is 3.31. The van der Waals surface area contributed by atoms with Gasteiger partial charge in [-0.2, -0.15) is 4.90 Å². The molecular formula is C21H23Cl2N2O2+. The molecule has 4 rings (SSSR count). The summed E-state index contributed by atoms with van der Waals surface area (Å²) in [7, 11) is 1.65. The molecule has 1 atom stereocenters. The van der Waals surface area contributed by atoms with Crippen LogP contribution in [0.25, 0.3) is 0 Å². The van der Waals surface area contributed by atoms with E-state index >= 15 is 0 Å². The highest BCUT2D eigenvalue weighted by Crippen LogP contribution is 2.39. The Morgan fingerprint density at radius 2 is 1.81 bits per heavy atom. The van der Waals surface area contributed by atoms with Gasteiger partial charge in [-0.05, 0) is 55.7 Å². The van der Waals surface area contributed by atoms with Gasteiger partial charge >= 0.3 is 0 Å². The number of halogens is 2. The lowest BCUT2D eigenvalue weighted by molar-refractivity contribution is -0.534. The lowest BCUT2D eigenvalue weighted by Gasteiger charge is -2.29. The van der Waals surface area contributed by atoms with Crippen LogP contribution in [0.2, 0.25) is 10.0 Å². The molecule has 2 aromatic rings. The van der Waals surface area contributed by atoms with Crippen LogP contribution >= 0.6 is 23.2 Å².